The summed E-state index contributed by atoms with van der Waals surface area (Å²) in [6.45, 7) is 8.69. The first-order valence-electron chi connectivity index (χ1n) is 10.8. The van der Waals surface area contributed by atoms with Crippen LogP contribution in [-0.2, 0) is 15.0 Å². The molecule has 0 radical (unpaired) electrons. The summed E-state index contributed by atoms with van der Waals surface area (Å²) in [5.41, 5.74) is 1.75. The zero-order chi connectivity index (χ0) is 23.6. The van der Waals surface area contributed by atoms with E-state index in [2.05, 4.69) is 20.8 Å². The predicted octanol–water partition coefficient (Wildman–Crippen LogP) is 5.35. The zero-order valence-electron chi connectivity index (χ0n) is 19.2. The van der Waals surface area contributed by atoms with Crippen molar-refractivity contribution in [3.8, 4) is 5.75 Å². The lowest BCUT2D eigenvalue weighted by molar-refractivity contribution is -0.139. The molecule has 0 aliphatic carbocycles. The van der Waals surface area contributed by atoms with Crippen molar-refractivity contribution < 1.29 is 23.8 Å². The summed E-state index contributed by atoms with van der Waals surface area (Å²) in [7, 11) is 1.40. The number of hydrogen-bond acceptors (Lipinski definition) is 4. The Labute approximate surface area is 188 Å². The zero-order valence-corrected chi connectivity index (χ0v) is 19.2. The number of unbranched alkanes of at least 4 members (excludes halogenated alkanes) is 1. The average Bonchev–Trinajstić information content (AvgIpc) is 3.01. The number of ketones is 1. The molecular formula is C26H30FNO4. The third-order valence-corrected chi connectivity index (χ3v) is 5.80. The monoisotopic (exact) mass is 439 g/mol. The van der Waals surface area contributed by atoms with Crippen molar-refractivity contribution in [2.24, 2.45) is 0 Å². The molecule has 3 rings (SSSR count). The SMILES string of the molecule is CCCCN1C(=O)C(=O)/C(=C(/O)c2cc(F)ccc2OC)C1c1ccc(C(C)(C)C)cc1. The molecular weight excluding hydrogens is 409 g/mol. The Kier molecular flexibility index (Phi) is 6.72. The number of ether oxygens (including phenoxy) is 1. The number of carbonyl (C=O) groups excluding carboxylic acids is 2. The predicted molar refractivity (Wildman–Crippen MR) is 122 cm³/mol. The minimum absolute atomic E-state index is 0.0392. The number of nitrogens with zero attached hydrogens (tertiary/aromatic N) is 1. The molecule has 32 heavy (non-hydrogen) atoms. The molecule has 0 saturated carbocycles. The maximum absolute atomic E-state index is 14.0. The molecule has 1 heterocycles. The van der Waals surface area contributed by atoms with Gasteiger partial charge in [-0.15, -0.1) is 0 Å². The van der Waals surface area contributed by atoms with Gasteiger partial charge in [0.2, 0.25) is 0 Å². The number of carbonyl (C=O) groups is 2. The van der Waals surface area contributed by atoms with Gasteiger partial charge in [-0.25, -0.2) is 4.39 Å². The highest BCUT2D eigenvalue weighted by atomic mass is 19.1. The van der Waals surface area contributed by atoms with E-state index in [9.17, 15) is 19.1 Å². The summed E-state index contributed by atoms with van der Waals surface area (Å²) < 4.78 is 19.2. The first-order chi connectivity index (χ1) is 15.1. The molecule has 1 aliphatic heterocycles. The molecule has 5 nitrogen and oxygen atoms in total. The number of amides is 1. The van der Waals surface area contributed by atoms with Crippen LogP contribution in [0.15, 0.2) is 48.0 Å². The molecule has 1 unspecified atom stereocenters. The van der Waals surface area contributed by atoms with Crippen LogP contribution in [0.5, 0.6) is 5.75 Å². The van der Waals surface area contributed by atoms with Crippen LogP contribution in [-0.4, -0.2) is 35.4 Å². The molecule has 0 aromatic heterocycles. The molecule has 6 heteroatoms. The van der Waals surface area contributed by atoms with E-state index in [1.54, 1.807) is 0 Å². The molecule has 0 bridgehead atoms. The van der Waals surface area contributed by atoms with E-state index in [1.807, 2.05) is 31.2 Å². The van der Waals surface area contributed by atoms with Crippen LogP contribution in [0.3, 0.4) is 0 Å². The van der Waals surface area contributed by atoms with Gasteiger partial charge in [0.25, 0.3) is 11.7 Å². The fourth-order valence-electron chi connectivity index (χ4n) is 3.96. The number of rotatable bonds is 6. The highest BCUT2D eigenvalue weighted by molar-refractivity contribution is 6.46. The quantitative estimate of drug-likeness (QED) is 0.374. The summed E-state index contributed by atoms with van der Waals surface area (Å²) in [6, 6.07) is 10.6. The smallest absolute Gasteiger partial charge is 0.295 e. The number of hydrogen-bond donors (Lipinski definition) is 1. The second kappa shape index (κ2) is 9.15. The average molecular weight is 440 g/mol. The number of likely N-dealkylation sites (tertiary alicyclic amines) is 1. The molecule has 170 valence electrons. The molecule has 1 N–H and O–H groups in total. The van der Waals surface area contributed by atoms with Crippen molar-refractivity contribution in [2.45, 2.75) is 52.0 Å². The van der Waals surface area contributed by atoms with Crippen LogP contribution < -0.4 is 4.74 Å². The van der Waals surface area contributed by atoms with Gasteiger partial charge in [-0.3, -0.25) is 9.59 Å². The third kappa shape index (κ3) is 4.40. The van der Waals surface area contributed by atoms with Gasteiger partial charge in [0.15, 0.2) is 0 Å². The van der Waals surface area contributed by atoms with Crippen molar-refractivity contribution in [3.05, 3.63) is 70.5 Å². The van der Waals surface area contributed by atoms with Gasteiger partial charge in [-0.05, 0) is 41.2 Å². The molecule has 1 fully saturated rings. The number of aliphatic hydroxyl groups is 1. The Morgan fingerprint density at radius 3 is 2.34 bits per heavy atom. The van der Waals surface area contributed by atoms with E-state index in [1.165, 1.54) is 24.1 Å². The first kappa shape index (κ1) is 23.5. The fraction of sp³-hybridized carbons (Fsp3) is 0.385. The van der Waals surface area contributed by atoms with Crippen LogP contribution in [0.1, 0.15) is 63.3 Å². The van der Waals surface area contributed by atoms with Gasteiger partial charge in [-0.1, -0.05) is 58.4 Å². The van der Waals surface area contributed by atoms with E-state index < -0.39 is 29.3 Å². The van der Waals surface area contributed by atoms with Gasteiger partial charge in [0.05, 0.1) is 24.3 Å². The first-order valence-corrected chi connectivity index (χ1v) is 10.8. The number of halogens is 1. The Balaban J connectivity index is 2.20. The normalized spacial score (nSPS) is 18.3. The summed E-state index contributed by atoms with van der Waals surface area (Å²) in [6.07, 6.45) is 1.56. The van der Waals surface area contributed by atoms with Gasteiger partial charge >= 0.3 is 0 Å². The lowest BCUT2D eigenvalue weighted by atomic mass is 9.85. The lowest BCUT2D eigenvalue weighted by Gasteiger charge is -2.26. The number of benzene rings is 2. The van der Waals surface area contributed by atoms with Crippen molar-refractivity contribution in [1.82, 2.24) is 4.90 Å². The van der Waals surface area contributed by atoms with Crippen LogP contribution in [0.2, 0.25) is 0 Å². The molecule has 1 saturated heterocycles. The van der Waals surface area contributed by atoms with E-state index >= 15 is 0 Å². The molecule has 1 atom stereocenters. The second-order valence-corrected chi connectivity index (χ2v) is 9.06. The second-order valence-electron chi connectivity index (χ2n) is 9.06. The maximum atomic E-state index is 14.0. The summed E-state index contributed by atoms with van der Waals surface area (Å²) in [4.78, 5) is 27.5. The van der Waals surface area contributed by atoms with Gasteiger partial charge < -0.3 is 14.7 Å². The standard InChI is InChI=1S/C26H30FNO4/c1-6-7-14-28-22(16-8-10-17(11-9-16)26(2,3)4)21(24(30)25(28)31)23(29)19-15-18(27)12-13-20(19)32-5/h8-13,15,22,29H,6-7,14H2,1-5H3/b23-21+. The molecule has 2 aromatic carbocycles. The van der Waals surface area contributed by atoms with Crippen LogP contribution in [0.25, 0.3) is 5.76 Å². The third-order valence-electron chi connectivity index (χ3n) is 5.80. The minimum Gasteiger partial charge on any atom is -0.507 e. The summed E-state index contributed by atoms with van der Waals surface area (Å²) >= 11 is 0. The summed E-state index contributed by atoms with van der Waals surface area (Å²) in [5, 5.41) is 11.1. The molecule has 1 amide bonds. The highest BCUT2D eigenvalue weighted by Gasteiger charge is 2.46. The van der Waals surface area contributed by atoms with Crippen LogP contribution in [0.4, 0.5) is 4.39 Å². The summed E-state index contributed by atoms with van der Waals surface area (Å²) in [5.74, 6) is -2.26. The lowest BCUT2D eigenvalue weighted by Crippen LogP contribution is -2.30. The van der Waals surface area contributed by atoms with Crippen LogP contribution >= 0.6 is 0 Å². The van der Waals surface area contributed by atoms with Gasteiger partial charge in [0, 0.05) is 6.54 Å². The van der Waals surface area contributed by atoms with Crippen molar-refractivity contribution >= 4 is 17.4 Å². The largest absolute Gasteiger partial charge is 0.507 e. The Hall–Kier alpha value is -3.15. The number of aliphatic hydroxyl groups excluding tert-OH is 1. The Morgan fingerprint density at radius 1 is 1.12 bits per heavy atom. The maximum Gasteiger partial charge on any atom is 0.295 e. The van der Waals surface area contributed by atoms with Crippen molar-refractivity contribution in [1.29, 1.82) is 0 Å². The van der Waals surface area contributed by atoms with E-state index in [0.29, 0.717) is 18.5 Å². The fourth-order valence-corrected chi connectivity index (χ4v) is 3.96. The van der Waals surface area contributed by atoms with E-state index in [0.717, 1.165) is 18.1 Å². The van der Waals surface area contributed by atoms with Crippen molar-refractivity contribution in [2.75, 3.05) is 13.7 Å². The highest BCUT2D eigenvalue weighted by Crippen LogP contribution is 2.41. The Morgan fingerprint density at radius 2 is 1.78 bits per heavy atom. The minimum atomic E-state index is -0.783. The van der Waals surface area contributed by atoms with E-state index in [-0.39, 0.29) is 22.3 Å². The van der Waals surface area contributed by atoms with Gasteiger partial charge in [0.1, 0.15) is 17.3 Å². The van der Waals surface area contributed by atoms with Crippen LogP contribution in [0, 0.1) is 5.82 Å². The van der Waals surface area contributed by atoms with Gasteiger partial charge in [-0.2, -0.15) is 0 Å². The Bertz CT molecular complexity index is 1050. The molecule has 0 spiro atoms. The molecule has 2 aromatic rings. The van der Waals surface area contributed by atoms with E-state index in [4.69, 9.17) is 4.74 Å². The van der Waals surface area contributed by atoms with Crippen molar-refractivity contribution in [3.63, 3.8) is 0 Å². The number of methoxy groups -OCH3 is 1. The molecule has 1 aliphatic rings. The number of Topliss-reactive ketones (excluding diaryl/α,β-unsaturated/α-hetero) is 1. The topological polar surface area (TPSA) is 66.8 Å².